The highest BCUT2D eigenvalue weighted by molar-refractivity contribution is 5.36. The van der Waals surface area contributed by atoms with E-state index in [1.165, 1.54) is 24.8 Å². The lowest BCUT2D eigenvalue weighted by molar-refractivity contribution is 0.519. The highest BCUT2D eigenvalue weighted by Crippen LogP contribution is 2.57. The fraction of sp³-hybridized carbons (Fsp3) is 0.500. The lowest BCUT2D eigenvalue weighted by atomic mass is 9.78. The highest BCUT2D eigenvalue weighted by Gasteiger charge is 2.47. The molecule has 0 aromatic heterocycles. The van der Waals surface area contributed by atoms with Gasteiger partial charge in [-0.05, 0) is 37.0 Å². The third kappa shape index (κ3) is 0.782. The molecule has 2 fully saturated rings. The van der Waals surface area contributed by atoms with Crippen LogP contribution in [0.2, 0.25) is 0 Å². The van der Waals surface area contributed by atoms with Crippen LogP contribution < -0.4 is 0 Å². The first-order chi connectivity index (χ1) is 5.86. The van der Waals surface area contributed by atoms with Gasteiger partial charge in [-0.2, -0.15) is 0 Å². The molecular weight excluding hydrogens is 144 g/mol. The van der Waals surface area contributed by atoms with Gasteiger partial charge in [0.2, 0.25) is 0 Å². The zero-order chi connectivity index (χ0) is 8.13. The van der Waals surface area contributed by atoms with Crippen molar-refractivity contribution in [3.05, 3.63) is 36.0 Å². The zero-order valence-corrected chi connectivity index (χ0v) is 7.29. The first-order valence-electron chi connectivity index (χ1n) is 4.90. The van der Waals surface area contributed by atoms with Crippen molar-refractivity contribution in [1.29, 1.82) is 0 Å². The fourth-order valence-corrected chi connectivity index (χ4v) is 2.80. The van der Waals surface area contributed by atoms with E-state index in [9.17, 15) is 0 Å². The molecule has 0 radical (unpaired) electrons. The van der Waals surface area contributed by atoms with Gasteiger partial charge in [-0.1, -0.05) is 36.0 Å². The summed E-state index contributed by atoms with van der Waals surface area (Å²) >= 11 is 0. The molecule has 0 amide bonds. The van der Waals surface area contributed by atoms with Crippen molar-refractivity contribution >= 4 is 0 Å². The Balaban J connectivity index is 1.97. The van der Waals surface area contributed by atoms with Gasteiger partial charge in [-0.15, -0.1) is 0 Å². The van der Waals surface area contributed by atoms with Crippen LogP contribution >= 0.6 is 0 Å². The van der Waals surface area contributed by atoms with Gasteiger partial charge in [0.1, 0.15) is 0 Å². The molecule has 12 heavy (non-hydrogen) atoms. The summed E-state index contributed by atoms with van der Waals surface area (Å²) in [4.78, 5) is 0. The molecule has 0 spiro atoms. The molecule has 2 saturated carbocycles. The predicted octanol–water partition coefficient (Wildman–Crippen LogP) is 3.08. The molecule has 3 unspecified atom stereocenters. The molecule has 3 rings (SSSR count). The van der Waals surface area contributed by atoms with E-state index in [0.29, 0.717) is 0 Å². The van der Waals surface area contributed by atoms with E-state index in [4.69, 9.17) is 0 Å². The second-order valence-electron chi connectivity index (χ2n) is 4.34. The van der Waals surface area contributed by atoms with E-state index < -0.39 is 0 Å². The molecule has 0 N–H and O–H groups in total. The molecule has 0 bridgehead atoms. The Morgan fingerprint density at radius 1 is 1.33 bits per heavy atom. The van der Waals surface area contributed by atoms with Crippen molar-refractivity contribution in [1.82, 2.24) is 0 Å². The summed E-state index contributed by atoms with van der Waals surface area (Å²) in [6, 6.07) is 0. The molecular formula is C12H14. The van der Waals surface area contributed by atoms with Gasteiger partial charge in [-0.25, -0.2) is 0 Å². The van der Waals surface area contributed by atoms with Gasteiger partial charge in [0.05, 0.1) is 0 Å². The van der Waals surface area contributed by atoms with Crippen LogP contribution in [-0.4, -0.2) is 0 Å². The first-order valence-corrected chi connectivity index (χ1v) is 4.90. The van der Waals surface area contributed by atoms with Crippen LogP contribution in [0, 0.1) is 17.8 Å². The monoisotopic (exact) mass is 158 g/mol. The summed E-state index contributed by atoms with van der Waals surface area (Å²) in [5.74, 6) is 2.60. The molecule has 0 aromatic rings. The van der Waals surface area contributed by atoms with E-state index in [1.54, 1.807) is 5.57 Å². The number of fused-ring (bicyclic) bond motifs is 3. The Hall–Kier alpha value is -0.780. The van der Waals surface area contributed by atoms with E-state index in [2.05, 4.69) is 24.8 Å². The maximum absolute atomic E-state index is 4.18. The Bertz CT molecular complexity index is 293. The molecule has 0 aliphatic heterocycles. The Labute approximate surface area is 73.7 Å². The lowest BCUT2D eigenvalue weighted by Gasteiger charge is -2.27. The average Bonchev–Trinajstić information content (AvgIpc) is 2.84. The fourth-order valence-electron chi connectivity index (χ4n) is 2.80. The van der Waals surface area contributed by atoms with Crippen LogP contribution in [0.4, 0.5) is 0 Å². The van der Waals surface area contributed by atoms with E-state index >= 15 is 0 Å². The SMILES string of the molecule is C=C1CC2CC=CC=C2C2CC12. The van der Waals surface area contributed by atoms with E-state index in [-0.39, 0.29) is 0 Å². The molecule has 0 saturated heterocycles. The molecule has 0 heterocycles. The standard InChI is InChI=1S/C12H14/c1-8-6-9-4-2-3-5-10(9)12-7-11(8)12/h2-3,5,9,11-12H,1,4,6-7H2. The Morgan fingerprint density at radius 3 is 3.17 bits per heavy atom. The Kier molecular flexibility index (Phi) is 1.19. The van der Waals surface area contributed by atoms with Crippen molar-refractivity contribution in [2.45, 2.75) is 19.3 Å². The third-order valence-corrected chi connectivity index (χ3v) is 3.57. The number of hydrogen-bond acceptors (Lipinski definition) is 0. The van der Waals surface area contributed by atoms with Crippen LogP contribution in [0.3, 0.4) is 0 Å². The average molecular weight is 158 g/mol. The third-order valence-electron chi connectivity index (χ3n) is 3.57. The van der Waals surface area contributed by atoms with Gasteiger partial charge in [0.15, 0.2) is 0 Å². The zero-order valence-electron chi connectivity index (χ0n) is 7.29. The van der Waals surface area contributed by atoms with Gasteiger partial charge >= 0.3 is 0 Å². The van der Waals surface area contributed by atoms with Crippen LogP contribution in [0.15, 0.2) is 36.0 Å². The van der Waals surface area contributed by atoms with Crippen LogP contribution in [0.1, 0.15) is 19.3 Å². The number of hydrogen-bond donors (Lipinski definition) is 0. The summed E-state index contributed by atoms with van der Waals surface area (Å²) in [5.41, 5.74) is 3.26. The molecule has 0 nitrogen and oxygen atoms in total. The van der Waals surface area contributed by atoms with Crippen molar-refractivity contribution < 1.29 is 0 Å². The largest absolute Gasteiger partial charge is 0.0995 e. The van der Waals surface area contributed by atoms with Crippen LogP contribution in [0.25, 0.3) is 0 Å². The molecule has 62 valence electrons. The maximum Gasteiger partial charge on any atom is -0.0125 e. The quantitative estimate of drug-likeness (QED) is 0.475. The second-order valence-corrected chi connectivity index (χ2v) is 4.34. The molecule has 0 aromatic carbocycles. The van der Waals surface area contributed by atoms with E-state index in [0.717, 1.165) is 17.8 Å². The molecule has 3 aliphatic rings. The summed E-state index contributed by atoms with van der Waals surface area (Å²) in [7, 11) is 0. The summed E-state index contributed by atoms with van der Waals surface area (Å²) in [6.45, 7) is 4.18. The predicted molar refractivity (Wildman–Crippen MR) is 50.7 cm³/mol. The van der Waals surface area contributed by atoms with Crippen LogP contribution in [0.5, 0.6) is 0 Å². The van der Waals surface area contributed by atoms with Crippen molar-refractivity contribution in [2.75, 3.05) is 0 Å². The van der Waals surface area contributed by atoms with Gasteiger partial charge in [-0.3, -0.25) is 0 Å². The van der Waals surface area contributed by atoms with Crippen LogP contribution in [-0.2, 0) is 0 Å². The lowest BCUT2D eigenvalue weighted by Crippen LogP contribution is -2.14. The highest BCUT2D eigenvalue weighted by atomic mass is 14.5. The second kappa shape index (κ2) is 2.12. The van der Waals surface area contributed by atoms with Gasteiger partial charge < -0.3 is 0 Å². The maximum atomic E-state index is 4.18. The molecule has 0 heteroatoms. The smallest absolute Gasteiger partial charge is 0.0125 e. The van der Waals surface area contributed by atoms with Crippen molar-refractivity contribution in [3.63, 3.8) is 0 Å². The summed E-state index contributed by atoms with van der Waals surface area (Å²) in [5, 5.41) is 0. The minimum Gasteiger partial charge on any atom is -0.0995 e. The first kappa shape index (κ1) is 6.71. The topological polar surface area (TPSA) is 0 Å². The van der Waals surface area contributed by atoms with Gasteiger partial charge in [0, 0.05) is 0 Å². The van der Waals surface area contributed by atoms with Crippen molar-refractivity contribution in [2.24, 2.45) is 17.8 Å². The van der Waals surface area contributed by atoms with E-state index in [1.807, 2.05) is 0 Å². The number of allylic oxidation sites excluding steroid dienone is 5. The number of rotatable bonds is 0. The van der Waals surface area contributed by atoms with Crippen molar-refractivity contribution in [3.8, 4) is 0 Å². The summed E-state index contributed by atoms with van der Waals surface area (Å²) < 4.78 is 0. The molecule has 3 aliphatic carbocycles. The Morgan fingerprint density at radius 2 is 2.25 bits per heavy atom. The molecule has 3 atom stereocenters. The minimum atomic E-state index is 0.825. The summed E-state index contributed by atoms with van der Waals surface area (Å²) in [6.07, 6.45) is 10.8. The normalized spacial score (nSPS) is 43.2. The minimum absolute atomic E-state index is 0.825. The van der Waals surface area contributed by atoms with Gasteiger partial charge in [0.25, 0.3) is 0 Å².